The summed E-state index contributed by atoms with van der Waals surface area (Å²) >= 11 is 0. The fraction of sp³-hybridized carbons (Fsp3) is 0.389. The molecule has 1 aliphatic heterocycles. The Bertz CT molecular complexity index is 745. The number of carbonyl (C=O) groups excluding carboxylic acids is 1. The van der Waals surface area contributed by atoms with Gasteiger partial charge in [-0.3, -0.25) is 4.79 Å². The summed E-state index contributed by atoms with van der Waals surface area (Å²) in [5, 5.41) is 2.83. The third-order valence-corrected chi connectivity index (χ3v) is 4.11. The number of methoxy groups -OCH3 is 2. The third kappa shape index (κ3) is 4.20. The zero-order valence-corrected chi connectivity index (χ0v) is 14.9. The molecule has 1 aromatic carbocycles. The highest BCUT2D eigenvalue weighted by molar-refractivity contribution is 5.92. The first-order chi connectivity index (χ1) is 12.7. The minimum absolute atomic E-state index is 0.277. The molecule has 8 nitrogen and oxygen atoms in total. The van der Waals surface area contributed by atoms with Crippen LogP contribution in [0.4, 0.5) is 5.82 Å². The molecule has 0 atom stereocenters. The van der Waals surface area contributed by atoms with Crippen LogP contribution in [-0.4, -0.2) is 56.4 Å². The molecule has 3 rings (SSSR count). The normalized spacial score (nSPS) is 14.0. The van der Waals surface area contributed by atoms with Crippen LogP contribution in [-0.2, 0) is 11.3 Å². The maximum atomic E-state index is 12.3. The molecule has 0 radical (unpaired) electrons. The Hall–Kier alpha value is -2.87. The first-order valence-electron chi connectivity index (χ1n) is 8.35. The van der Waals surface area contributed by atoms with Gasteiger partial charge in [-0.05, 0) is 17.7 Å². The number of aromatic nitrogens is 2. The van der Waals surface area contributed by atoms with E-state index in [9.17, 15) is 4.79 Å². The van der Waals surface area contributed by atoms with Crippen molar-refractivity contribution in [3.8, 4) is 11.5 Å². The molecule has 1 N–H and O–H groups in total. The number of nitrogens with one attached hydrogen (secondary N) is 1. The summed E-state index contributed by atoms with van der Waals surface area (Å²) in [7, 11) is 3.16. The van der Waals surface area contributed by atoms with E-state index in [-0.39, 0.29) is 11.6 Å². The molecule has 1 fully saturated rings. The van der Waals surface area contributed by atoms with Gasteiger partial charge < -0.3 is 24.4 Å². The Kier molecular flexibility index (Phi) is 5.85. The number of morpholine rings is 1. The van der Waals surface area contributed by atoms with Crippen LogP contribution in [0.1, 0.15) is 16.1 Å². The van der Waals surface area contributed by atoms with Crippen molar-refractivity contribution in [2.24, 2.45) is 0 Å². The second kappa shape index (κ2) is 8.48. The first-order valence-corrected chi connectivity index (χ1v) is 8.35. The molecule has 0 bridgehead atoms. The molecule has 2 aromatic rings. The van der Waals surface area contributed by atoms with E-state index in [2.05, 4.69) is 20.2 Å². The van der Waals surface area contributed by atoms with Crippen LogP contribution in [0.3, 0.4) is 0 Å². The van der Waals surface area contributed by atoms with Crippen molar-refractivity contribution in [1.82, 2.24) is 15.3 Å². The third-order valence-electron chi connectivity index (χ3n) is 4.11. The van der Waals surface area contributed by atoms with Gasteiger partial charge >= 0.3 is 0 Å². The number of carbonyl (C=O) groups is 1. The number of amides is 1. The van der Waals surface area contributed by atoms with Crippen molar-refractivity contribution in [1.29, 1.82) is 0 Å². The first kappa shape index (κ1) is 17.9. The van der Waals surface area contributed by atoms with Crippen molar-refractivity contribution < 1.29 is 19.0 Å². The minimum Gasteiger partial charge on any atom is -0.493 e. The van der Waals surface area contributed by atoms with Crippen LogP contribution in [0.15, 0.2) is 30.6 Å². The predicted octanol–water partition coefficient (Wildman–Crippen LogP) is 1.26. The Morgan fingerprint density at radius 2 is 1.92 bits per heavy atom. The standard InChI is InChI=1S/C18H22N4O4/c1-24-15-4-3-13(9-16(15)25-2)10-21-18(23)14-11-20-17(12-19-14)22-5-7-26-8-6-22/h3-4,9,11-12H,5-8,10H2,1-2H3,(H,21,23). The highest BCUT2D eigenvalue weighted by atomic mass is 16.5. The van der Waals surface area contributed by atoms with Crippen LogP contribution in [0.2, 0.25) is 0 Å². The molecular weight excluding hydrogens is 336 g/mol. The molecule has 1 saturated heterocycles. The summed E-state index contributed by atoms with van der Waals surface area (Å²) in [5.74, 6) is 1.74. The van der Waals surface area contributed by atoms with Gasteiger partial charge in [-0.25, -0.2) is 9.97 Å². The lowest BCUT2D eigenvalue weighted by molar-refractivity contribution is 0.0945. The summed E-state index contributed by atoms with van der Waals surface area (Å²) in [6.45, 7) is 3.26. The molecule has 0 spiro atoms. The van der Waals surface area contributed by atoms with E-state index in [4.69, 9.17) is 14.2 Å². The largest absolute Gasteiger partial charge is 0.493 e. The summed E-state index contributed by atoms with van der Waals surface area (Å²) in [6, 6.07) is 5.50. The van der Waals surface area contributed by atoms with Gasteiger partial charge in [0.1, 0.15) is 11.5 Å². The Morgan fingerprint density at radius 3 is 2.58 bits per heavy atom. The van der Waals surface area contributed by atoms with Crippen LogP contribution < -0.4 is 19.7 Å². The fourth-order valence-corrected chi connectivity index (χ4v) is 2.66. The lowest BCUT2D eigenvalue weighted by Crippen LogP contribution is -2.37. The Labute approximate surface area is 152 Å². The van der Waals surface area contributed by atoms with Gasteiger partial charge in [0.15, 0.2) is 11.5 Å². The number of nitrogens with zero attached hydrogens (tertiary/aromatic N) is 3. The maximum Gasteiger partial charge on any atom is 0.271 e. The monoisotopic (exact) mass is 358 g/mol. The molecule has 1 aliphatic rings. The molecule has 1 aromatic heterocycles. The highest BCUT2D eigenvalue weighted by Crippen LogP contribution is 2.27. The molecule has 8 heteroatoms. The number of anilines is 1. The van der Waals surface area contributed by atoms with Gasteiger partial charge in [0.05, 0.1) is 39.8 Å². The summed E-state index contributed by atoms with van der Waals surface area (Å²) in [5.41, 5.74) is 1.18. The zero-order chi connectivity index (χ0) is 18.4. The van der Waals surface area contributed by atoms with Gasteiger partial charge in [0.2, 0.25) is 0 Å². The van der Waals surface area contributed by atoms with Gasteiger partial charge in [-0.2, -0.15) is 0 Å². The average Bonchev–Trinajstić information content (AvgIpc) is 2.72. The number of hydrogen-bond donors (Lipinski definition) is 1. The molecule has 0 saturated carbocycles. The van der Waals surface area contributed by atoms with Gasteiger partial charge in [0, 0.05) is 19.6 Å². The van der Waals surface area contributed by atoms with E-state index in [0.717, 1.165) is 24.5 Å². The molecule has 0 aliphatic carbocycles. The quantitative estimate of drug-likeness (QED) is 0.832. The number of benzene rings is 1. The van der Waals surface area contributed by atoms with E-state index in [1.54, 1.807) is 26.5 Å². The van der Waals surface area contributed by atoms with Crippen LogP contribution >= 0.6 is 0 Å². The maximum absolute atomic E-state index is 12.3. The van der Waals surface area contributed by atoms with Crippen molar-refractivity contribution in [3.05, 3.63) is 41.9 Å². The smallest absolute Gasteiger partial charge is 0.271 e. The van der Waals surface area contributed by atoms with Crippen molar-refractivity contribution in [2.45, 2.75) is 6.54 Å². The van der Waals surface area contributed by atoms with Gasteiger partial charge in [-0.1, -0.05) is 6.07 Å². The molecule has 138 valence electrons. The Balaban J connectivity index is 1.59. The summed E-state index contributed by atoms with van der Waals surface area (Å²) in [6.07, 6.45) is 3.12. The predicted molar refractivity (Wildman–Crippen MR) is 95.8 cm³/mol. The van der Waals surface area contributed by atoms with E-state index in [1.807, 2.05) is 12.1 Å². The van der Waals surface area contributed by atoms with Crippen LogP contribution in [0, 0.1) is 0 Å². The van der Waals surface area contributed by atoms with E-state index < -0.39 is 0 Å². The van der Waals surface area contributed by atoms with Crippen molar-refractivity contribution >= 4 is 11.7 Å². The van der Waals surface area contributed by atoms with E-state index in [0.29, 0.717) is 31.3 Å². The molecule has 1 amide bonds. The van der Waals surface area contributed by atoms with E-state index in [1.165, 1.54) is 6.20 Å². The summed E-state index contributed by atoms with van der Waals surface area (Å²) in [4.78, 5) is 22.9. The number of ether oxygens (including phenoxy) is 3. The molecule has 26 heavy (non-hydrogen) atoms. The highest BCUT2D eigenvalue weighted by Gasteiger charge is 2.14. The number of rotatable bonds is 6. The Morgan fingerprint density at radius 1 is 1.15 bits per heavy atom. The zero-order valence-electron chi connectivity index (χ0n) is 14.9. The molecule has 2 heterocycles. The second-order valence-corrected chi connectivity index (χ2v) is 5.73. The lowest BCUT2D eigenvalue weighted by atomic mass is 10.2. The number of hydrogen-bond acceptors (Lipinski definition) is 7. The van der Waals surface area contributed by atoms with E-state index >= 15 is 0 Å². The SMILES string of the molecule is COc1ccc(CNC(=O)c2cnc(N3CCOCC3)cn2)cc1OC. The minimum atomic E-state index is -0.277. The van der Waals surface area contributed by atoms with Gasteiger partial charge in [0.25, 0.3) is 5.91 Å². The van der Waals surface area contributed by atoms with Crippen molar-refractivity contribution in [2.75, 3.05) is 45.4 Å². The molecular formula is C18H22N4O4. The van der Waals surface area contributed by atoms with Gasteiger partial charge in [-0.15, -0.1) is 0 Å². The van der Waals surface area contributed by atoms with Crippen LogP contribution in [0.5, 0.6) is 11.5 Å². The summed E-state index contributed by atoms with van der Waals surface area (Å²) < 4.78 is 15.8. The molecule has 0 unspecified atom stereocenters. The second-order valence-electron chi connectivity index (χ2n) is 5.73. The van der Waals surface area contributed by atoms with Crippen LogP contribution in [0.25, 0.3) is 0 Å². The fourth-order valence-electron chi connectivity index (χ4n) is 2.66. The van der Waals surface area contributed by atoms with Crippen molar-refractivity contribution in [3.63, 3.8) is 0 Å². The lowest BCUT2D eigenvalue weighted by Gasteiger charge is -2.27. The average molecular weight is 358 g/mol. The topological polar surface area (TPSA) is 85.8 Å².